The maximum atomic E-state index is 11.6. The van der Waals surface area contributed by atoms with Crippen molar-refractivity contribution < 1.29 is 14.6 Å². The van der Waals surface area contributed by atoms with Gasteiger partial charge in [0, 0.05) is 6.42 Å². The third-order valence-electron chi connectivity index (χ3n) is 10.4. The van der Waals surface area contributed by atoms with Gasteiger partial charge in [-0.05, 0) is 97.7 Å². The molecule has 3 heteroatoms. The van der Waals surface area contributed by atoms with E-state index in [0.29, 0.717) is 40.9 Å². The van der Waals surface area contributed by atoms with E-state index in [9.17, 15) is 9.90 Å². The Morgan fingerprint density at radius 3 is 2.57 bits per heavy atom. The van der Waals surface area contributed by atoms with E-state index in [-0.39, 0.29) is 12.1 Å². The Morgan fingerprint density at radius 2 is 1.82 bits per heavy atom. The monoisotopic (exact) mass is 390 g/mol. The second kappa shape index (κ2) is 7.60. The molecule has 0 heterocycles. The highest BCUT2D eigenvalue weighted by atomic mass is 16.5. The van der Waals surface area contributed by atoms with Gasteiger partial charge in [-0.25, -0.2) is 0 Å². The lowest BCUT2D eigenvalue weighted by Gasteiger charge is -2.62. The summed E-state index contributed by atoms with van der Waals surface area (Å²) in [4.78, 5) is 11.6. The fourth-order valence-corrected chi connectivity index (χ4v) is 8.88. The summed E-state index contributed by atoms with van der Waals surface area (Å²) in [5.41, 5.74) is 0.813. The van der Waals surface area contributed by atoms with Gasteiger partial charge in [-0.15, -0.1) is 0 Å². The van der Waals surface area contributed by atoms with Crippen molar-refractivity contribution in [3.05, 3.63) is 0 Å². The number of hydrogen-bond donors (Lipinski definition) is 1. The van der Waals surface area contributed by atoms with Crippen LogP contribution in [-0.4, -0.2) is 24.3 Å². The van der Waals surface area contributed by atoms with Gasteiger partial charge < -0.3 is 9.84 Å². The summed E-state index contributed by atoms with van der Waals surface area (Å²) in [5.74, 6) is 3.83. The SMILES string of the molecule is COC(=O)CC[C@@H](C)[C@H]1CC[C@H]2[C@@H]3[C@H](O)C[C@@H]4CCCC[C@]4(C)[C@H]3CC[C@]12C. The zero-order valence-electron chi connectivity index (χ0n) is 18.6. The van der Waals surface area contributed by atoms with E-state index in [0.717, 1.165) is 24.7 Å². The number of carbonyl (C=O) groups is 1. The zero-order chi connectivity index (χ0) is 20.1. The number of fused-ring (bicyclic) bond motifs is 5. The highest BCUT2D eigenvalue weighted by Gasteiger charge is 2.62. The molecular weight excluding hydrogens is 348 g/mol. The maximum absolute atomic E-state index is 11.6. The van der Waals surface area contributed by atoms with E-state index in [2.05, 4.69) is 20.8 Å². The molecule has 4 aliphatic carbocycles. The molecule has 0 aromatic heterocycles. The number of methoxy groups -OCH3 is 1. The first-order valence-corrected chi connectivity index (χ1v) is 12.1. The quantitative estimate of drug-likeness (QED) is 0.636. The van der Waals surface area contributed by atoms with Crippen LogP contribution in [0.1, 0.15) is 91.4 Å². The number of hydrogen-bond acceptors (Lipinski definition) is 3. The van der Waals surface area contributed by atoms with Crippen molar-refractivity contribution in [2.24, 2.45) is 46.3 Å². The lowest BCUT2D eigenvalue weighted by molar-refractivity contribution is -0.164. The first-order chi connectivity index (χ1) is 13.3. The van der Waals surface area contributed by atoms with Gasteiger partial charge in [0.1, 0.15) is 0 Å². The predicted molar refractivity (Wildman–Crippen MR) is 112 cm³/mol. The Morgan fingerprint density at radius 1 is 1.07 bits per heavy atom. The normalized spacial score (nSPS) is 48.9. The number of ether oxygens (including phenoxy) is 1. The van der Waals surface area contributed by atoms with Crippen molar-refractivity contribution in [1.82, 2.24) is 0 Å². The second-order valence-electron chi connectivity index (χ2n) is 11.4. The molecule has 0 aliphatic heterocycles. The van der Waals surface area contributed by atoms with Crippen LogP contribution in [0.4, 0.5) is 0 Å². The number of carbonyl (C=O) groups excluding carboxylic acids is 1. The molecule has 4 fully saturated rings. The molecule has 0 aromatic carbocycles. The molecule has 0 bridgehead atoms. The standard InChI is InChI=1S/C25H42O3/c1-16(8-11-22(27)28-4)18-9-10-19-23-20(12-14-25(18,19)3)24(2)13-6-5-7-17(24)15-21(23)26/h16-21,23,26H,5-15H2,1-4H3/t16-,17+,18-,19+,20+,21-,23+,24+,25-/m1/s1. The second-order valence-corrected chi connectivity index (χ2v) is 11.4. The van der Waals surface area contributed by atoms with Gasteiger partial charge in [0.05, 0.1) is 13.2 Å². The van der Waals surface area contributed by atoms with Crippen LogP contribution in [0.15, 0.2) is 0 Å². The van der Waals surface area contributed by atoms with Crippen molar-refractivity contribution in [2.75, 3.05) is 7.11 Å². The average molecular weight is 391 g/mol. The van der Waals surface area contributed by atoms with E-state index in [4.69, 9.17) is 4.74 Å². The number of aliphatic hydroxyl groups excluding tert-OH is 1. The van der Waals surface area contributed by atoms with E-state index in [1.807, 2.05) is 0 Å². The molecule has 0 saturated heterocycles. The van der Waals surface area contributed by atoms with Crippen LogP contribution in [0.3, 0.4) is 0 Å². The fraction of sp³-hybridized carbons (Fsp3) is 0.960. The molecule has 0 radical (unpaired) electrons. The zero-order valence-corrected chi connectivity index (χ0v) is 18.6. The molecule has 0 amide bonds. The fourth-order valence-electron chi connectivity index (χ4n) is 8.88. The number of rotatable bonds is 4. The minimum atomic E-state index is -0.0880. The smallest absolute Gasteiger partial charge is 0.305 e. The Labute approximate surface area is 172 Å². The first-order valence-electron chi connectivity index (χ1n) is 12.1. The third-order valence-corrected chi connectivity index (χ3v) is 10.4. The van der Waals surface area contributed by atoms with Crippen LogP contribution in [0.2, 0.25) is 0 Å². The van der Waals surface area contributed by atoms with Gasteiger partial charge in [0.25, 0.3) is 0 Å². The van der Waals surface area contributed by atoms with Crippen molar-refractivity contribution in [3.8, 4) is 0 Å². The highest BCUT2D eigenvalue weighted by molar-refractivity contribution is 5.69. The summed E-state index contributed by atoms with van der Waals surface area (Å²) in [6, 6.07) is 0. The molecule has 160 valence electrons. The van der Waals surface area contributed by atoms with Gasteiger partial charge in [0.15, 0.2) is 0 Å². The lowest BCUT2D eigenvalue weighted by atomic mass is 9.44. The Bertz CT molecular complexity index is 588. The van der Waals surface area contributed by atoms with Crippen LogP contribution in [0.5, 0.6) is 0 Å². The van der Waals surface area contributed by atoms with E-state index in [1.165, 1.54) is 58.5 Å². The minimum absolute atomic E-state index is 0.0748. The molecule has 4 aliphatic rings. The first kappa shape index (κ1) is 20.7. The average Bonchev–Trinajstić information content (AvgIpc) is 3.03. The van der Waals surface area contributed by atoms with Gasteiger partial charge in [0.2, 0.25) is 0 Å². The third kappa shape index (κ3) is 3.15. The lowest BCUT2D eigenvalue weighted by Crippen LogP contribution is -2.57. The highest BCUT2D eigenvalue weighted by Crippen LogP contribution is 2.68. The summed E-state index contributed by atoms with van der Waals surface area (Å²) in [5, 5.41) is 11.3. The summed E-state index contributed by atoms with van der Waals surface area (Å²) in [6.45, 7) is 7.46. The van der Waals surface area contributed by atoms with Gasteiger partial charge >= 0.3 is 5.97 Å². The van der Waals surface area contributed by atoms with Crippen molar-refractivity contribution in [1.29, 1.82) is 0 Å². The number of aliphatic hydroxyl groups is 1. The molecule has 4 rings (SSSR count). The van der Waals surface area contributed by atoms with Gasteiger partial charge in [-0.2, -0.15) is 0 Å². The summed E-state index contributed by atoms with van der Waals surface area (Å²) >= 11 is 0. The van der Waals surface area contributed by atoms with E-state index >= 15 is 0 Å². The molecule has 0 aromatic rings. The Balaban J connectivity index is 1.53. The largest absolute Gasteiger partial charge is 0.469 e. The van der Waals surface area contributed by atoms with E-state index < -0.39 is 0 Å². The molecule has 0 spiro atoms. The molecule has 1 N–H and O–H groups in total. The summed E-state index contributed by atoms with van der Waals surface area (Å²) in [6.07, 6.45) is 13.1. The van der Waals surface area contributed by atoms with Crippen LogP contribution in [0, 0.1) is 46.3 Å². The van der Waals surface area contributed by atoms with Crippen LogP contribution in [-0.2, 0) is 9.53 Å². The summed E-state index contributed by atoms with van der Waals surface area (Å²) in [7, 11) is 1.49. The Hall–Kier alpha value is -0.570. The van der Waals surface area contributed by atoms with E-state index in [1.54, 1.807) is 0 Å². The van der Waals surface area contributed by atoms with Crippen molar-refractivity contribution in [2.45, 2.75) is 97.5 Å². The number of esters is 1. The summed E-state index contributed by atoms with van der Waals surface area (Å²) < 4.78 is 4.87. The molecule has 9 atom stereocenters. The van der Waals surface area contributed by atoms with Gasteiger partial charge in [-0.1, -0.05) is 33.6 Å². The van der Waals surface area contributed by atoms with Crippen LogP contribution < -0.4 is 0 Å². The Kier molecular flexibility index (Phi) is 5.61. The van der Waals surface area contributed by atoms with Crippen molar-refractivity contribution >= 4 is 5.97 Å². The molecule has 4 saturated carbocycles. The predicted octanol–water partition coefficient (Wildman–Crippen LogP) is 5.60. The molecule has 0 unspecified atom stereocenters. The molecular formula is C25H42O3. The van der Waals surface area contributed by atoms with Crippen LogP contribution in [0.25, 0.3) is 0 Å². The maximum Gasteiger partial charge on any atom is 0.305 e. The minimum Gasteiger partial charge on any atom is -0.469 e. The topological polar surface area (TPSA) is 46.5 Å². The van der Waals surface area contributed by atoms with Crippen LogP contribution >= 0.6 is 0 Å². The molecule has 28 heavy (non-hydrogen) atoms. The van der Waals surface area contributed by atoms with Crippen molar-refractivity contribution in [3.63, 3.8) is 0 Å². The van der Waals surface area contributed by atoms with Gasteiger partial charge in [-0.3, -0.25) is 4.79 Å². The molecule has 3 nitrogen and oxygen atoms in total.